The van der Waals surface area contributed by atoms with Crippen molar-refractivity contribution in [1.29, 1.82) is 0 Å². The van der Waals surface area contributed by atoms with Gasteiger partial charge in [-0.15, -0.1) is 11.6 Å². The van der Waals surface area contributed by atoms with Crippen LogP contribution in [0.25, 0.3) is 0 Å². The molecule has 1 rings (SSSR count). The summed E-state index contributed by atoms with van der Waals surface area (Å²) in [5.74, 6) is 0.358. The summed E-state index contributed by atoms with van der Waals surface area (Å²) < 4.78 is 0. The van der Waals surface area contributed by atoms with Gasteiger partial charge in [-0.3, -0.25) is 0 Å². The number of halogens is 1. The fraction of sp³-hybridized carbons (Fsp3) is 0.125. The van der Waals surface area contributed by atoms with Gasteiger partial charge in [-0.05, 0) is 11.6 Å². The number of rotatable bonds is 2. The molecule has 0 heterocycles. The first-order valence-corrected chi connectivity index (χ1v) is 3.98. The van der Waals surface area contributed by atoms with Gasteiger partial charge in [0.25, 0.3) is 0 Å². The zero-order chi connectivity index (χ0) is 8.97. The minimum Gasteiger partial charge on any atom is -0.351 e. The lowest BCUT2D eigenvalue weighted by Gasteiger charge is -2.05. The Balaban J connectivity index is 2.89. The van der Waals surface area contributed by atoms with Crippen LogP contribution in [0, 0.1) is 0 Å². The van der Waals surface area contributed by atoms with Crippen molar-refractivity contribution in [3.05, 3.63) is 29.8 Å². The topological polar surface area (TPSA) is 55.1 Å². The predicted octanol–water partition coefficient (Wildman–Crippen LogP) is 1.92. The van der Waals surface area contributed by atoms with E-state index < -0.39 is 6.03 Å². The van der Waals surface area contributed by atoms with E-state index >= 15 is 0 Å². The van der Waals surface area contributed by atoms with Crippen LogP contribution in [0.5, 0.6) is 0 Å². The van der Waals surface area contributed by atoms with E-state index in [-0.39, 0.29) is 0 Å². The molecule has 0 radical (unpaired) electrons. The Morgan fingerprint density at radius 2 is 2.17 bits per heavy atom. The van der Waals surface area contributed by atoms with Crippen molar-refractivity contribution in [2.24, 2.45) is 5.73 Å². The SMILES string of the molecule is NC(=O)Nc1ccccc1CCl. The number of hydrogen-bond donors (Lipinski definition) is 2. The number of benzene rings is 1. The van der Waals surface area contributed by atoms with Crippen LogP contribution in [0.2, 0.25) is 0 Å². The molecule has 0 fully saturated rings. The molecule has 0 aliphatic heterocycles. The van der Waals surface area contributed by atoms with Gasteiger partial charge < -0.3 is 11.1 Å². The minimum absolute atomic E-state index is 0.358. The molecule has 2 amide bonds. The average Bonchev–Trinajstić information content (AvgIpc) is 2.04. The van der Waals surface area contributed by atoms with E-state index in [1.54, 1.807) is 12.1 Å². The molecular formula is C8H9ClN2O. The summed E-state index contributed by atoms with van der Waals surface area (Å²) in [6.45, 7) is 0. The zero-order valence-corrected chi connectivity index (χ0v) is 7.14. The molecule has 1 aromatic carbocycles. The molecule has 0 atom stereocenters. The third kappa shape index (κ3) is 2.13. The summed E-state index contributed by atoms with van der Waals surface area (Å²) in [5, 5.41) is 2.48. The van der Waals surface area contributed by atoms with E-state index in [1.807, 2.05) is 12.1 Å². The Hall–Kier alpha value is -1.22. The van der Waals surface area contributed by atoms with E-state index in [9.17, 15) is 4.79 Å². The van der Waals surface area contributed by atoms with E-state index in [1.165, 1.54) is 0 Å². The van der Waals surface area contributed by atoms with Crippen molar-refractivity contribution in [2.75, 3.05) is 5.32 Å². The number of carbonyl (C=O) groups is 1. The fourth-order valence-corrected chi connectivity index (χ4v) is 1.12. The van der Waals surface area contributed by atoms with Crippen molar-refractivity contribution >= 4 is 23.3 Å². The molecule has 0 bridgehead atoms. The first-order chi connectivity index (χ1) is 5.74. The highest BCUT2D eigenvalue weighted by molar-refractivity contribution is 6.17. The number of alkyl halides is 1. The Kier molecular flexibility index (Phi) is 2.94. The van der Waals surface area contributed by atoms with Gasteiger partial charge in [-0.2, -0.15) is 0 Å². The Bertz CT molecular complexity index is 288. The highest BCUT2D eigenvalue weighted by Crippen LogP contribution is 2.16. The average molecular weight is 185 g/mol. The molecule has 1 aromatic rings. The third-order valence-electron chi connectivity index (χ3n) is 1.42. The molecule has 0 saturated heterocycles. The van der Waals surface area contributed by atoms with E-state index in [0.717, 1.165) is 5.56 Å². The molecule has 3 N–H and O–H groups in total. The highest BCUT2D eigenvalue weighted by Gasteiger charge is 2.00. The maximum Gasteiger partial charge on any atom is 0.316 e. The van der Waals surface area contributed by atoms with Crippen LogP contribution in [-0.2, 0) is 5.88 Å². The van der Waals surface area contributed by atoms with Crippen LogP contribution in [-0.4, -0.2) is 6.03 Å². The molecule has 0 spiro atoms. The van der Waals surface area contributed by atoms with Crippen LogP contribution >= 0.6 is 11.6 Å². The fourth-order valence-electron chi connectivity index (χ4n) is 0.892. The lowest BCUT2D eigenvalue weighted by Crippen LogP contribution is -2.19. The molecule has 4 heteroatoms. The van der Waals surface area contributed by atoms with Gasteiger partial charge in [0.1, 0.15) is 0 Å². The monoisotopic (exact) mass is 184 g/mol. The van der Waals surface area contributed by atoms with E-state index in [0.29, 0.717) is 11.6 Å². The largest absolute Gasteiger partial charge is 0.351 e. The number of para-hydroxylation sites is 1. The smallest absolute Gasteiger partial charge is 0.316 e. The Labute approximate surface area is 75.5 Å². The van der Waals surface area contributed by atoms with Crippen molar-refractivity contribution in [2.45, 2.75) is 5.88 Å². The Morgan fingerprint density at radius 1 is 1.50 bits per heavy atom. The van der Waals surface area contributed by atoms with Gasteiger partial charge >= 0.3 is 6.03 Å². The number of amides is 2. The van der Waals surface area contributed by atoms with Crippen molar-refractivity contribution in [3.8, 4) is 0 Å². The van der Waals surface area contributed by atoms with Crippen LogP contribution in [0.15, 0.2) is 24.3 Å². The molecule has 0 aromatic heterocycles. The number of hydrogen-bond acceptors (Lipinski definition) is 1. The van der Waals surface area contributed by atoms with Crippen molar-refractivity contribution < 1.29 is 4.79 Å². The molecule has 3 nitrogen and oxygen atoms in total. The third-order valence-corrected chi connectivity index (χ3v) is 1.71. The lowest BCUT2D eigenvalue weighted by molar-refractivity contribution is 0.259. The maximum atomic E-state index is 10.5. The summed E-state index contributed by atoms with van der Waals surface area (Å²) in [6.07, 6.45) is 0. The van der Waals surface area contributed by atoms with Crippen LogP contribution < -0.4 is 11.1 Å². The summed E-state index contributed by atoms with van der Waals surface area (Å²) in [7, 11) is 0. The summed E-state index contributed by atoms with van der Waals surface area (Å²) in [6, 6.07) is 6.67. The molecule has 12 heavy (non-hydrogen) atoms. The minimum atomic E-state index is -0.576. The van der Waals surface area contributed by atoms with Gasteiger partial charge in [0.05, 0.1) is 0 Å². The normalized spacial score (nSPS) is 9.42. The second-order valence-electron chi connectivity index (χ2n) is 2.28. The van der Waals surface area contributed by atoms with Gasteiger partial charge in [0.2, 0.25) is 0 Å². The summed E-state index contributed by atoms with van der Waals surface area (Å²) in [4.78, 5) is 10.5. The number of urea groups is 1. The van der Waals surface area contributed by atoms with Gasteiger partial charge in [0, 0.05) is 11.6 Å². The van der Waals surface area contributed by atoms with Crippen molar-refractivity contribution in [3.63, 3.8) is 0 Å². The molecule has 64 valence electrons. The van der Waals surface area contributed by atoms with Crippen LogP contribution in [0.1, 0.15) is 5.56 Å². The molecular weight excluding hydrogens is 176 g/mol. The molecule has 0 unspecified atom stereocenters. The number of carbonyl (C=O) groups excluding carboxylic acids is 1. The highest BCUT2D eigenvalue weighted by atomic mass is 35.5. The van der Waals surface area contributed by atoms with Crippen LogP contribution in [0.3, 0.4) is 0 Å². The number of nitrogens with two attached hydrogens (primary N) is 1. The van der Waals surface area contributed by atoms with E-state index in [2.05, 4.69) is 5.32 Å². The second-order valence-corrected chi connectivity index (χ2v) is 2.55. The molecule has 0 saturated carbocycles. The standard InChI is InChI=1S/C8H9ClN2O/c9-5-6-3-1-2-4-7(6)11-8(10)12/h1-4H,5H2,(H3,10,11,12). The number of primary amides is 1. The predicted molar refractivity (Wildman–Crippen MR) is 49.2 cm³/mol. The summed E-state index contributed by atoms with van der Waals surface area (Å²) >= 11 is 5.62. The molecule has 0 aliphatic rings. The Morgan fingerprint density at radius 3 is 2.75 bits per heavy atom. The molecule has 0 aliphatic carbocycles. The van der Waals surface area contributed by atoms with Crippen LogP contribution in [0.4, 0.5) is 10.5 Å². The van der Waals surface area contributed by atoms with Gasteiger partial charge in [-0.1, -0.05) is 18.2 Å². The van der Waals surface area contributed by atoms with Gasteiger partial charge in [-0.25, -0.2) is 4.79 Å². The van der Waals surface area contributed by atoms with E-state index in [4.69, 9.17) is 17.3 Å². The zero-order valence-electron chi connectivity index (χ0n) is 6.38. The quantitative estimate of drug-likeness (QED) is 0.678. The maximum absolute atomic E-state index is 10.5. The summed E-state index contributed by atoms with van der Waals surface area (Å²) in [5.41, 5.74) is 6.48. The van der Waals surface area contributed by atoms with Crippen molar-refractivity contribution in [1.82, 2.24) is 0 Å². The lowest BCUT2D eigenvalue weighted by atomic mass is 10.2. The number of nitrogens with one attached hydrogen (secondary N) is 1. The van der Waals surface area contributed by atoms with Gasteiger partial charge in [0.15, 0.2) is 0 Å². The first kappa shape index (κ1) is 8.87. The number of anilines is 1. The second kappa shape index (κ2) is 3.97. The first-order valence-electron chi connectivity index (χ1n) is 3.44.